The van der Waals surface area contributed by atoms with Crippen molar-refractivity contribution >= 4 is 11.6 Å². The first-order valence-corrected chi connectivity index (χ1v) is 9.25. The van der Waals surface area contributed by atoms with Gasteiger partial charge in [0.1, 0.15) is 11.6 Å². The predicted molar refractivity (Wildman–Crippen MR) is 105 cm³/mol. The van der Waals surface area contributed by atoms with E-state index in [4.69, 9.17) is 4.74 Å². The fourth-order valence-electron chi connectivity index (χ4n) is 3.22. The Kier molecular flexibility index (Phi) is 6.79. The zero-order chi connectivity index (χ0) is 19.1. The molecule has 0 atom stereocenters. The highest BCUT2D eigenvalue weighted by atomic mass is 19.1. The van der Waals surface area contributed by atoms with E-state index in [0.717, 1.165) is 44.9 Å². The van der Waals surface area contributed by atoms with Gasteiger partial charge in [0, 0.05) is 38.4 Å². The third kappa shape index (κ3) is 6.05. The molecule has 0 saturated carbocycles. The van der Waals surface area contributed by atoms with Gasteiger partial charge >= 0.3 is 0 Å². The Bertz CT molecular complexity index is 743. The lowest BCUT2D eigenvalue weighted by atomic mass is 10.1. The van der Waals surface area contributed by atoms with Crippen LogP contribution in [0.25, 0.3) is 0 Å². The van der Waals surface area contributed by atoms with Crippen LogP contribution in [0, 0.1) is 5.82 Å². The fraction of sp³-hybridized carbons (Fsp3) is 0.381. The lowest BCUT2D eigenvalue weighted by Gasteiger charge is -2.34. The second kappa shape index (κ2) is 9.48. The van der Waals surface area contributed by atoms with Gasteiger partial charge in [-0.1, -0.05) is 18.2 Å². The number of methoxy groups -OCH3 is 1. The Morgan fingerprint density at radius 3 is 2.44 bits per heavy atom. The summed E-state index contributed by atoms with van der Waals surface area (Å²) in [6.45, 7) is 4.96. The van der Waals surface area contributed by atoms with Gasteiger partial charge in [0.05, 0.1) is 13.7 Å². The summed E-state index contributed by atoms with van der Waals surface area (Å²) in [6, 6.07) is 14.2. The number of hydrogen-bond acceptors (Lipinski definition) is 4. The van der Waals surface area contributed by atoms with Crippen LogP contribution in [0.4, 0.5) is 10.1 Å². The van der Waals surface area contributed by atoms with Gasteiger partial charge < -0.3 is 15.0 Å². The number of hydrogen-bond donors (Lipinski definition) is 1. The molecule has 1 saturated heterocycles. The number of piperazine rings is 1. The first kappa shape index (κ1) is 19.3. The molecule has 144 valence electrons. The topological polar surface area (TPSA) is 44.8 Å². The maximum absolute atomic E-state index is 13.2. The van der Waals surface area contributed by atoms with Gasteiger partial charge in [0.25, 0.3) is 0 Å². The van der Waals surface area contributed by atoms with Crippen molar-refractivity contribution < 1.29 is 13.9 Å². The number of halogens is 1. The average molecular weight is 371 g/mol. The molecule has 0 radical (unpaired) electrons. The van der Waals surface area contributed by atoms with E-state index in [1.807, 2.05) is 12.1 Å². The molecule has 1 aliphatic heterocycles. The van der Waals surface area contributed by atoms with Crippen LogP contribution in [0.1, 0.15) is 5.56 Å². The van der Waals surface area contributed by atoms with Gasteiger partial charge in [-0.2, -0.15) is 0 Å². The van der Waals surface area contributed by atoms with Gasteiger partial charge in [-0.15, -0.1) is 0 Å². The van der Waals surface area contributed by atoms with Gasteiger partial charge in [-0.3, -0.25) is 9.69 Å². The number of nitrogens with zero attached hydrogens (tertiary/aromatic N) is 2. The summed E-state index contributed by atoms with van der Waals surface area (Å²) < 4.78 is 18.4. The van der Waals surface area contributed by atoms with E-state index >= 15 is 0 Å². The number of benzene rings is 2. The quantitative estimate of drug-likeness (QED) is 0.813. The monoisotopic (exact) mass is 371 g/mol. The Labute approximate surface area is 159 Å². The summed E-state index contributed by atoms with van der Waals surface area (Å²) in [5.74, 6) is 0.425. The third-order valence-electron chi connectivity index (χ3n) is 4.82. The van der Waals surface area contributed by atoms with Crippen LogP contribution in [0.5, 0.6) is 5.75 Å². The molecular formula is C21H26FN3O2. The number of nitrogens with one attached hydrogen (secondary N) is 1. The standard InChI is InChI=1S/C21H26FN3O2/c1-27-20-7-5-17(6-8-20)9-10-24-11-13-25(14-12-24)16-21(26)23-19-4-2-3-18(22)15-19/h2-8,15H,9-14,16H2,1H3,(H,23,26). The summed E-state index contributed by atoms with van der Waals surface area (Å²) in [7, 11) is 1.67. The summed E-state index contributed by atoms with van der Waals surface area (Å²) in [5, 5.41) is 2.75. The number of anilines is 1. The van der Waals surface area contributed by atoms with Gasteiger partial charge in [-0.05, 0) is 42.3 Å². The van der Waals surface area contributed by atoms with Crippen molar-refractivity contribution in [3.05, 3.63) is 59.9 Å². The molecule has 0 bridgehead atoms. The van der Waals surface area contributed by atoms with E-state index in [1.165, 1.54) is 17.7 Å². The molecule has 1 aliphatic rings. The summed E-state index contributed by atoms with van der Waals surface area (Å²) in [6.07, 6.45) is 1.00. The van der Waals surface area contributed by atoms with Gasteiger partial charge in [0.2, 0.25) is 5.91 Å². The maximum atomic E-state index is 13.2. The van der Waals surface area contributed by atoms with E-state index in [-0.39, 0.29) is 11.7 Å². The first-order chi connectivity index (χ1) is 13.1. The maximum Gasteiger partial charge on any atom is 0.238 e. The summed E-state index contributed by atoms with van der Waals surface area (Å²) in [4.78, 5) is 16.7. The number of ether oxygens (including phenoxy) is 1. The molecule has 0 aromatic heterocycles. The molecule has 5 nitrogen and oxygen atoms in total. The van der Waals surface area contributed by atoms with Gasteiger partial charge in [-0.25, -0.2) is 4.39 Å². The first-order valence-electron chi connectivity index (χ1n) is 9.25. The van der Waals surface area contributed by atoms with Crippen LogP contribution < -0.4 is 10.1 Å². The van der Waals surface area contributed by atoms with Crippen molar-refractivity contribution in [3.8, 4) is 5.75 Å². The number of carbonyl (C=O) groups is 1. The van der Waals surface area contributed by atoms with E-state index in [1.54, 1.807) is 19.2 Å². The second-order valence-electron chi connectivity index (χ2n) is 6.77. The van der Waals surface area contributed by atoms with E-state index < -0.39 is 0 Å². The molecule has 6 heteroatoms. The highest BCUT2D eigenvalue weighted by molar-refractivity contribution is 5.92. The summed E-state index contributed by atoms with van der Waals surface area (Å²) >= 11 is 0. The van der Waals surface area contributed by atoms with Crippen LogP contribution >= 0.6 is 0 Å². The summed E-state index contributed by atoms with van der Waals surface area (Å²) in [5.41, 5.74) is 1.80. The minimum absolute atomic E-state index is 0.104. The zero-order valence-corrected chi connectivity index (χ0v) is 15.7. The van der Waals surface area contributed by atoms with Crippen molar-refractivity contribution in [2.24, 2.45) is 0 Å². The molecule has 27 heavy (non-hydrogen) atoms. The third-order valence-corrected chi connectivity index (χ3v) is 4.82. The van der Waals surface area contributed by atoms with Crippen molar-refractivity contribution in [3.63, 3.8) is 0 Å². The Balaban J connectivity index is 1.37. The molecule has 1 heterocycles. The minimum atomic E-state index is -0.349. The Morgan fingerprint density at radius 1 is 1.07 bits per heavy atom. The molecule has 1 fully saturated rings. The van der Waals surface area contributed by atoms with Gasteiger partial charge in [0.15, 0.2) is 0 Å². The molecule has 1 amide bonds. The number of carbonyl (C=O) groups excluding carboxylic acids is 1. The molecular weight excluding hydrogens is 345 g/mol. The Hall–Kier alpha value is -2.44. The van der Waals surface area contributed by atoms with Crippen molar-refractivity contribution in [1.29, 1.82) is 0 Å². The van der Waals surface area contributed by atoms with E-state index in [9.17, 15) is 9.18 Å². The second-order valence-corrected chi connectivity index (χ2v) is 6.77. The van der Waals surface area contributed by atoms with Crippen LogP contribution in [0.2, 0.25) is 0 Å². The normalized spacial score (nSPS) is 15.5. The molecule has 0 unspecified atom stereocenters. The van der Waals surface area contributed by atoms with E-state index in [2.05, 4.69) is 27.2 Å². The van der Waals surface area contributed by atoms with Crippen LogP contribution in [-0.4, -0.2) is 62.1 Å². The molecule has 2 aromatic carbocycles. The zero-order valence-electron chi connectivity index (χ0n) is 15.7. The average Bonchev–Trinajstić information content (AvgIpc) is 2.68. The number of rotatable bonds is 7. The number of amides is 1. The molecule has 1 N–H and O–H groups in total. The lowest BCUT2D eigenvalue weighted by molar-refractivity contribution is -0.117. The fourth-order valence-corrected chi connectivity index (χ4v) is 3.22. The van der Waals surface area contributed by atoms with E-state index in [0.29, 0.717) is 12.2 Å². The smallest absolute Gasteiger partial charge is 0.238 e. The van der Waals surface area contributed by atoms with Crippen molar-refractivity contribution in [2.75, 3.05) is 51.7 Å². The van der Waals surface area contributed by atoms with Crippen LogP contribution in [0.15, 0.2) is 48.5 Å². The molecule has 0 spiro atoms. The largest absolute Gasteiger partial charge is 0.497 e. The van der Waals surface area contributed by atoms with Crippen molar-refractivity contribution in [1.82, 2.24) is 9.80 Å². The lowest BCUT2D eigenvalue weighted by Crippen LogP contribution is -2.49. The van der Waals surface area contributed by atoms with Crippen molar-refractivity contribution in [2.45, 2.75) is 6.42 Å². The highest BCUT2D eigenvalue weighted by Gasteiger charge is 2.18. The Morgan fingerprint density at radius 2 is 1.78 bits per heavy atom. The van der Waals surface area contributed by atoms with Crippen LogP contribution in [-0.2, 0) is 11.2 Å². The van der Waals surface area contributed by atoms with Crippen LogP contribution in [0.3, 0.4) is 0 Å². The molecule has 0 aliphatic carbocycles. The predicted octanol–water partition coefficient (Wildman–Crippen LogP) is 2.63. The minimum Gasteiger partial charge on any atom is -0.497 e. The molecule has 3 rings (SSSR count). The molecule has 2 aromatic rings. The SMILES string of the molecule is COc1ccc(CCN2CCN(CC(=O)Nc3cccc(F)c3)CC2)cc1. The highest BCUT2D eigenvalue weighted by Crippen LogP contribution is 2.13.